The summed E-state index contributed by atoms with van der Waals surface area (Å²) < 4.78 is 5.31. The van der Waals surface area contributed by atoms with Gasteiger partial charge in [-0.15, -0.1) is 0 Å². The van der Waals surface area contributed by atoms with Crippen molar-refractivity contribution in [3.63, 3.8) is 0 Å². The van der Waals surface area contributed by atoms with E-state index < -0.39 is 6.04 Å². The maximum Gasteiger partial charge on any atom is 0.328 e. The number of phenols is 1. The molecule has 2 aromatic rings. The molecule has 20 heavy (non-hydrogen) atoms. The van der Waals surface area contributed by atoms with Crippen molar-refractivity contribution in [2.24, 2.45) is 0 Å². The lowest BCUT2D eigenvalue weighted by molar-refractivity contribution is -0.136. The van der Waals surface area contributed by atoms with Gasteiger partial charge in [0.2, 0.25) is 0 Å². The summed E-state index contributed by atoms with van der Waals surface area (Å²) in [5, 5.41) is 12.2. The molecule has 0 bridgehead atoms. The maximum atomic E-state index is 12.1. The fourth-order valence-electron chi connectivity index (χ4n) is 1.85. The smallest absolute Gasteiger partial charge is 0.328 e. The maximum absolute atomic E-state index is 12.1. The molecule has 2 aromatic carbocycles. The van der Waals surface area contributed by atoms with E-state index in [1.165, 1.54) is 0 Å². The molecule has 0 amide bonds. The van der Waals surface area contributed by atoms with Crippen LogP contribution in [0.4, 0.5) is 0 Å². The summed E-state index contributed by atoms with van der Waals surface area (Å²) in [5.41, 5.74) is 0.951. The first-order valence-corrected chi connectivity index (χ1v) is 6.41. The highest BCUT2D eigenvalue weighted by atomic mass is 16.5. The average molecular weight is 271 g/mol. The molecule has 0 fully saturated rings. The minimum absolute atomic E-state index is 0.210. The van der Waals surface area contributed by atoms with E-state index in [0.29, 0.717) is 12.2 Å². The molecular weight excluding hydrogens is 254 g/mol. The molecule has 0 radical (unpaired) electrons. The number of benzene rings is 2. The zero-order chi connectivity index (χ0) is 14.4. The summed E-state index contributed by atoms with van der Waals surface area (Å²) >= 11 is 0. The molecule has 0 aromatic heterocycles. The summed E-state index contributed by atoms with van der Waals surface area (Å²) in [4.78, 5) is 12.1. The van der Waals surface area contributed by atoms with Gasteiger partial charge in [-0.1, -0.05) is 30.3 Å². The van der Waals surface area contributed by atoms with Crippen LogP contribution in [-0.4, -0.2) is 24.2 Å². The van der Waals surface area contributed by atoms with E-state index in [4.69, 9.17) is 4.74 Å². The monoisotopic (exact) mass is 271 g/mol. The number of para-hydroxylation sites is 1. The van der Waals surface area contributed by atoms with Crippen LogP contribution >= 0.6 is 0 Å². The Morgan fingerprint density at radius 1 is 1.15 bits per heavy atom. The molecule has 1 atom stereocenters. The molecule has 0 saturated heterocycles. The van der Waals surface area contributed by atoms with Crippen LogP contribution in [0.5, 0.6) is 11.5 Å². The van der Waals surface area contributed by atoms with Crippen LogP contribution < -0.4 is 10.1 Å². The minimum Gasteiger partial charge on any atom is -0.508 e. The fourth-order valence-corrected chi connectivity index (χ4v) is 1.85. The summed E-state index contributed by atoms with van der Waals surface area (Å²) in [6.07, 6.45) is 0.502. The normalized spacial score (nSPS) is 11.8. The van der Waals surface area contributed by atoms with E-state index in [1.54, 1.807) is 43.4 Å². The van der Waals surface area contributed by atoms with Crippen LogP contribution in [0.2, 0.25) is 0 Å². The lowest BCUT2D eigenvalue weighted by Crippen LogP contribution is -2.39. The van der Waals surface area contributed by atoms with Crippen molar-refractivity contribution in [2.45, 2.75) is 12.5 Å². The summed E-state index contributed by atoms with van der Waals surface area (Å²) in [6.45, 7) is 0. The van der Waals surface area contributed by atoms with Gasteiger partial charge in [-0.25, -0.2) is 4.79 Å². The fraction of sp³-hybridized carbons (Fsp3) is 0.188. The second kappa shape index (κ2) is 6.73. The number of carbonyl (C=O) groups excluding carboxylic acids is 1. The molecule has 2 N–H and O–H groups in total. The van der Waals surface area contributed by atoms with Gasteiger partial charge >= 0.3 is 5.97 Å². The summed E-state index contributed by atoms with van der Waals surface area (Å²) in [5.74, 6) is 0.414. The minimum atomic E-state index is -0.431. The molecule has 4 heteroatoms. The quantitative estimate of drug-likeness (QED) is 0.646. The number of esters is 1. The van der Waals surface area contributed by atoms with Gasteiger partial charge in [0.05, 0.1) is 0 Å². The lowest BCUT2D eigenvalue weighted by Gasteiger charge is -2.15. The zero-order valence-electron chi connectivity index (χ0n) is 11.2. The number of hydrogen-bond acceptors (Lipinski definition) is 4. The van der Waals surface area contributed by atoms with E-state index in [9.17, 15) is 9.90 Å². The first kappa shape index (κ1) is 14.1. The Bertz CT molecular complexity index is 552. The molecule has 2 rings (SSSR count). The van der Waals surface area contributed by atoms with Gasteiger partial charge in [0.15, 0.2) is 0 Å². The third-order valence-electron chi connectivity index (χ3n) is 2.97. The van der Waals surface area contributed by atoms with Crippen LogP contribution in [-0.2, 0) is 11.2 Å². The van der Waals surface area contributed by atoms with Gasteiger partial charge in [0.25, 0.3) is 0 Å². The van der Waals surface area contributed by atoms with Gasteiger partial charge < -0.3 is 15.2 Å². The Morgan fingerprint density at radius 2 is 1.80 bits per heavy atom. The highest BCUT2D eigenvalue weighted by molar-refractivity contribution is 5.78. The first-order chi connectivity index (χ1) is 9.69. The molecule has 0 aliphatic carbocycles. The van der Waals surface area contributed by atoms with Crippen LogP contribution in [0.1, 0.15) is 5.56 Å². The second-order valence-corrected chi connectivity index (χ2v) is 4.45. The lowest BCUT2D eigenvalue weighted by atomic mass is 10.1. The van der Waals surface area contributed by atoms with E-state index >= 15 is 0 Å². The van der Waals surface area contributed by atoms with Crippen molar-refractivity contribution >= 4 is 5.97 Å². The highest BCUT2D eigenvalue weighted by Crippen LogP contribution is 2.13. The zero-order valence-corrected chi connectivity index (χ0v) is 11.2. The molecule has 0 saturated carbocycles. The molecule has 4 nitrogen and oxygen atoms in total. The number of nitrogens with one attached hydrogen (secondary N) is 1. The largest absolute Gasteiger partial charge is 0.508 e. The van der Waals surface area contributed by atoms with Crippen LogP contribution in [0, 0.1) is 0 Å². The van der Waals surface area contributed by atoms with Gasteiger partial charge in [0.1, 0.15) is 17.5 Å². The number of hydrogen-bond donors (Lipinski definition) is 2. The third-order valence-corrected chi connectivity index (χ3v) is 2.97. The number of rotatable bonds is 5. The van der Waals surface area contributed by atoms with Crippen molar-refractivity contribution in [3.05, 3.63) is 60.2 Å². The van der Waals surface area contributed by atoms with Gasteiger partial charge in [0, 0.05) is 0 Å². The molecule has 0 aliphatic heterocycles. The van der Waals surface area contributed by atoms with Gasteiger partial charge in [-0.05, 0) is 43.3 Å². The molecule has 0 spiro atoms. The molecule has 104 valence electrons. The van der Waals surface area contributed by atoms with E-state index in [0.717, 1.165) is 5.56 Å². The number of carbonyl (C=O) groups is 1. The Hall–Kier alpha value is -2.33. The Balaban J connectivity index is 2.00. The first-order valence-electron chi connectivity index (χ1n) is 6.41. The predicted molar refractivity (Wildman–Crippen MR) is 76.7 cm³/mol. The Kier molecular flexibility index (Phi) is 4.74. The van der Waals surface area contributed by atoms with Crippen molar-refractivity contribution in [1.29, 1.82) is 0 Å². The highest BCUT2D eigenvalue weighted by Gasteiger charge is 2.19. The molecule has 0 unspecified atom stereocenters. The van der Waals surface area contributed by atoms with Crippen molar-refractivity contribution in [1.82, 2.24) is 5.32 Å². The molecule has 0 heterocycles. The van der Waals surface area contributed by atoms with Gasteiger partial charge in [-0.3, -0.25) is 0 Å². The predicted octanol–water partition coefficient (Wildman–Crippen LogP) is 2.13. The van der Waals surface area contributed by atoms with Gasteiger partial charge in [-0.2, -0.15) is 0 Å². The number of likely N-dealkylation sites (N-methyl/N-ethyl adjacent to an activating group) is 1. The van der Waals surface area contributed by atoms with Crippen LogP contribution in [0.3, 0.4) is 0 Å². The SMILES string of the molecule is CN[C@@H](Cc1ccc(O)cc1)C(=O)Oc1ccccc1. The van der Waals surface area contributed by atoms with Crippen molar-refractivity contribution in [2.75, 3.05) is 7.05 Å². The summed E-state index contributed by atoms with van der Waals surface area (Å²) in [7, 11) is 1.72. The van der Waals surface area contributed by atoms with E-state index in [2.05, 4.69) is 5.32 Å². The number of ether oxygens (including phenoxy) is 1. The topological polar surface area (TPSA) is 58.6 Å². The Labute approximate surface area is 118 Å². The summed E-state index contributed by atoms with van der Waals surface area (Å²) in [6, 6.07) is 15.3. The standard InChI is InChI=1S/C16H17NO3/c1-17-15(11-12-7-9-13(18)10-8-12)16(19)20-14-5-3-2-4-6-14/h2-10,15,17-18H,11H2,1H3/t15-/m0/s1. The van der Waals surface area contributed by atoms with E-state index in [-0.39, 0.29) is 11.7 Å². The number of phenolic OH excluding ortho intramolecular Hbond substituents is 1. The third kappa shape index (κ3) is 3.83. The average Bonchev–Trinajstić information content (AvgIpc) is 2.47. The Morgan fingerprint density at radius 3 is 2.40 bits per heavy atom. The van der Waals surface area contributed by atoms with Crippen molar-refractivity contribution < 1.29 is 14.6 Å². The van der Waals surface area contributed by atoms with Crippen LogP contribution in [0.25, 0.3) is 0 Å². The molecule has 0 aliphatic rings. The molecular formula is C16H17NO3. The van der Waals surface area contributed by atoms with Crippen LogP contribution in [0.15, 0.2) is 54.6 Å². The number of aromatic hydroxyl groups is 1. The second-order valence-electron chi connectivity index (χ2n) is 4.45. The van der Waals surface area contributed by atoms with E-state index in [1.807, 2.05) is 18.2 Å². The van der Waals surface area contributed by atoms with Crippen molar-refractivity contribution in [3.8, 4) is 11.5 Å².